The molecule has 0 atom stereocenters. The largest absolute Gasteiger partial charge is 0.379 e. The Hall–Kier alpha value is -1.85. The Kier molecular flexibility index (Phi) is 4.42. The van der Waals surface area contributed by atoms with Crippen molar-refractivity contribution in [1.82, 2.24) is 0 Å². The normalized spacial score (nSPS) is 10.3. The molecule has 0 bridgehead atoms. The maximum Gasteiger partial charge on any atom is 0.288 e. The summed E-state index contributed by atoms with van der Waals surface area (Å²) < 4.78 is 13.7. The van der Waals surface area contributed by atoms with Gasteiger partial charge in [-0.25, -0.2) is 4.39 Å². The second-order valence-corrected chi connectivity index (χ2v) is 4.81. The van der Waals surface area contributed by atoms with E-state index in [-0.39, 0.29) is 28.0 Å². The molecular weight excluding hydrogens is 306 g/mol. The molecule has 0 aliphatic heterocycles. The average molecular weight is 315 g/mol. The predicted molar refractivity (Wildman–Crippen MR) is 76.8 cm³/mol. The van der Waals surface area contributed by atoms with E-state index in [2.05, 4.69) is 5.32 Å². The molecule has 0 unspecified atom stereocenters. The summed E-state index contributed by atoms with van der Waals surface area (Å²) in [6.45, 7) is 0.218. The van der Waals surface area contributed by atoms with Gasteiger partial charge in [0.05, 0.1) is 15.6 Å². The number of hydrogen-bond donors (Lipinski definition) is 1. The van der Waals surface area contributed by atoms with Crippen molar-refractivity contribution in [2.45, 2.75) is 6.54 Å². The molecular formula is C13H9Cl2FN2O2. The molecule has 0 aliphatic carbocycles. The van der Waals surface area contributed by atoms with E-state index < -0.39 is 10.7 Å². The lowest BCUT2D eigenvalue weighted by Gasteiger charge is -2.08. The number of anilines is 1. The highest BCUT2D eigenvalue weighted by molar-refractivity contribution is 6.32. The first-order valence-electron chi connectivity index (χ1n) is 5.59. The third kappa shape index (κ3) is 3.18. The Bertz CT molecular complexity index is 665. The van der Waals surface area contributed by atoms with Crippen LogP contribution in [0.2, 0.25) is 10.0 Å². The first-order valence-corrected chi connectivity index (χ1v) is 6.35. The van der Waals surface area contributed by atoms with Gasteiger partial charge in [-0.2, -0.15) is 0 Å². The fourth-order valence-electron chi connectivity index (χ4n) is 1.65. The monoisotopic (exact) mass is 314 g/mol. The topological polar surface area (TPSA) is 55.2 Å². The third-order valence-corrected chi connectivity index (χ3v) is 3.25. The Morgan fingerprint density at radius 2 is 1.95 bits per heavy atom. The molecule has 20 heavy (non-hydrogen) atoms. The van der Waals surface area contributed by atoms with E-state index in [0.717, 1.165) is 0 Å². The van der Waals surface area contributed by atoms with Crippen LogP contribution in [0.15, 0.2) is 36.4 Å². The zero-order chi connectivity index (χ0) is 14.7. The Balaban J connectivity index is 2.17. The van der Waals surface area contributed by atoms with Crippen molar-refractivity contribution in [2.24, 2.45) is 0 Å². The Morgan fingerprint density at radius 1 is 1.20 bits per heavy atom. The van der Waals surface area contributed by atoms with Crippen molar-refractivity contribution in [1.29, 1.82) is 0 Å². The molecule has 0 aromatic heterocycles. The molecule has 0 heterocycles. The zero-order valence-corrected chi connectivity index (χ0v) is 11.6. The van der Waals surface area contributed by atoms with Crippen molar-refractivity contribution < 1.29 is 9.31 Å². The molecule has 104 valence electrons. The second kappa shape index (κ2) is 6.07. The Morgan fingerprint density at radius 3 is 2.65 bits per heavy atom. The molecule has 2 rings (SSSR count). The van der Waals surface area contributed by atoms with Crippen molar-refractivity contribution in [3.05, 3.63) is 67.9 Å². The standard InChI is InChI=1S/C13H9Cl2FN2O2/c14-9-5-4-8(6-12(9)18(19)20)7-17-11-3-1-2-10(15)13(11)16/h1-6,17H,7H2. The third-order valence-electron chi connectivity index (χ3n) is 2.64. The van der Waals surface area contributed by atoms with Crippen LogP contribution in [0.25, 0.3) is 0 Å². The molecule has 7 heteroatoms. The van der Waals surface area contributed by atoms with Gasteiger partial charge in [0.1, 0.15) is 5.02 Å². The van der Waals surface area contributed by atoms with Gasteiger partial charge in [-0.1, -0.05) is 35.3 Å². The maximum absolute atomic E-state index is 13.7. The minimum absolute atomic E-state index is 0.0112. The zero-order valence-electron chi connectivity index (χ0n) is 10.1. The minimum Gasteiger partial charge on any atom is -0.379 e. The number of rotatable bonds is 4. The minimum atomic E-state index is -0.564. The smallest absolute Gasteiger partial charge is 0.288 e. The second-order valence-electron chi connectivity index (χ2n) is 4.00. The van der Waals surface area contributed by atoms with Crippen LogP contribution in [-0.2, 0) is 6.54 Å². The quantitative estimate of drug-likeness (QED) is 0.660. The first-order chi connectivity index (χ1) is 9.49. The molecule has 0 saturated carbocycles. The highest BCUT2D eigenvalue weighted by Gasteiger charge is 2.13. The van der Waals surface area contributed by atoms with Gasteiger partial charge in [-0.3, -0.25) is 10.1 Å². The number of nitro groups is 1. The van der Waals surface area contributed by atoms with E-state index in [1.165, 1.54) is 24.3 Å². The molecule has 1 N–H and O–H groups in total. The number of benzene rings is 2. The van der Waals surface area contributed by atoms with Crippen molar-refractivity contribution >= 4 is 34.6 Å². The summed E-state index contributed by atoms with van der Waals surface area (Å²) in [7, 11) is 0. The number of nitro benzene ring substituents is 1. The molecule has 2 aromatic carbocycles. The number of nitrogens with one attached hydrogen (secondary N) is 1. The lowest BCUT2D eigenvalue weighted by atomic mass is 10.2. The molecule has 0 amide bonds. The summed E-state index contributed by atoms with van der Waals surface area (Å²) in [5.41, 5.74) is 0.660. The molecule has 4 nitrogen and oxygen atoms in total. The summed E-state index contributed by atoms with van der Waals surface area (Å²) in [5.74, 6) is -0.558. The summed E-state index contributed by atoms with van der Waals surface area (Å²) in [6, 6.07) is 8.99. The average Bonchev–Trinajstić information content (AvgIpc) is 2.41. The van der Waals surface area contributed by atoms with Gasteiger partial charge in [-0.15, -0.1) is 0 Å². The summed E-state index contributed by atoms with van der Waals surface area (Å²) in [4.78, 5) is 10.2. The van der Waals surface area contributed by atoms with E-state index in [4.69, 9.17) is 23.2 Å². The van der Waals surface area contributed by atoms with Crippen molar-refractivity contribution in [2.75, 3.05) is 5.32 Å². The highest BCUT2D eigenvalue weighted by atomic mass is 35.5. The van der Waals surface area contributed by atoms with E-state index in [1.807, 2.05) is 0 Å². The van der Waals surface area contributed by atoms with E-state index >= 15 is 0 Å². The first kappa shape index (κ1) is 14.6. The highest BCUT2D eigenvalue weighted by Crippen LogP contribution is 2.26. The van der Waals surface area contributed by atoms with Crippen molar-refractivity contribution in [3.8, 4) is 0 Å². The fraction of sp³-hybridized carbons (Fsp3) is 0.0769. The molecule has 0 saturated heterocycles. The SMILES string of the molecule is O=[N+]([O-])c1cc(CNc2cccc(Cl)c2F)ccc1Cl. The van der Waals surface area contributed by atoms with Gasteiger partial charge in [0, 0.05) is 12.6 Å². The van der Waals surface area contributed by atoms with Gasteiger partial charge in [0.25, 0.3) is 5.69 Å². The van der Waals surface area contributed by atoms with E-state index in [1.54, 1.807) is 12.1 Å². The lowest BCUT2D eigenvalue weighted by Crippen LogP contribution is -2.02. The van der Waals surface area contributed by atoms with Gasteiger partial charge in [0.15, 0.2) is 5.82 Å². The van der Waals surface area contributed by atoms with Crippen LogP contribution in [0.1, 0.15) is 5.56 Å². The van der Waals surface area contributed by atoms with Crippen LogP contribution in [0.4, 0.5) is 15.8 Å². The molecule has 0 fully saturated rings. The summed E-state index contributed by atoms with van der Waals surface area (Å²) >= 11 is 11.4. The van der Waals surface area contributed by atoms with Crippen LogP contribution in [0.5, 0.6) is 0 Å². The maximum atomic E-state index is 13.7. The number of halogens is 3. The number of hydrogen-bond acceptors (Lipinski definition) is 3. The fourth-order valence-corrected chi connectivity index (χ4v) is 2.01. The van der Waals surface area contributed by atoms with E-state index in [0.29, 0.717) is 5.56 Å². The molecule has 2 aromatic rings. The van der Waals surface area contributed by atoms with Crippen LogP contribution in [0, 0.1) is 15.9 Å². The van der Waals surface area contributed by atoms with Gasteiger partial charge < -0.3 is 5.32 Å². The predicted octanol–water partition coefficient (Wildman–Crippen LogP) is 4.65. The summed E-state index contributed by atoms with van der Waals surface area (Å²) in [5, 5.41) is 13.7. The lowest BCUT2D eigenvalue weighted by molar-refractivity contribution is -0.384. The van der Waals surface area contributed by atoms with Crippen LogP contribution < -0.4 is 5.32 Å². The Labute approximate surface area is 124 Å². The van der Waals surface area contributed by atoms with Gasteiger partial charge >= 0.3 is 0 Å². The van der Waals surface area contributed by atoms with E-state index in [9.17, 15) is 14.5 Å². The van der Waals surface area contributed by atoms with Gasteiger partial charge in [0.2, 0.25) is 0 Å². The van der Waals surface area contributed by atoms with Crippen LogP contribution in [0.3, 0.4) is 0 Å². The summed E-state index contributed by atoms with van der Waals surface area (Å²) in [6.07, 6.45) is 0. The van der Waals surface area contributed by atoms with Crippen LogP contribution >= 0.6 is 23.2 Å². The van der Waals surface area contributed by atoms with Crippen LogP contribution in [-0.4, -0.2) is 4.92 Å². The molecule has 0 radical (unpaired) electrons. The van der Waals surface area contributed by atoms with Crippen molar-refractivity contribution in [3.63, 3.8) is 0 Å². The molecule has 0 spiro atoms. The van der Waals surface area contributed by atoms with Gasteiger partial charge in [-0.05, 0) is 23.8 Å². The molecule has 0 aliphatic rings. The number of nitrogens with zero attached hydrogens (tertiary/aromatic N) is 1.